The van der Waals surface area contributed by atoms with Crippen molar-refractivity contribution in [3.8, 4) is 22.8 Å². The fraction of sp³-hybridized carbons (Fsp3) is 0.0370. The summed E-state index contributed by atoms with van der Waals surface area (Å²) in [5.74, 6) is 1.19. The second-order valence-corrected chi connectivity index (χ2v) is 7.94. The van der Waals surface area contributed by atoms with Crippen LogP contribution in [0.5, 0.6) is 0 Å². The molecule has 0 fully saturated rings. The molecule has 4 heterocycles. The van der Waals surface area contributed by atoms with Crippen LogP contribution in [0.25, 0.3) is 44.8 Å². The van der Waals surface area contributed by atoms with Crippen molar-refractivity contribution in [2.24, 2.45) is 0 Å². The van der Waals surface area contributed by atoms with E-state index in [0.717, 1.165) is 23.6 Å². The van der Waals surface area contributed by atoms with Crippen LogP contribution in [-0.4, -0.2) is 14.1 Å². The highest BCUT2D eigenvalue weighted by Crippen LogP contribution is 2.38. The molecule has 0 bridgehead atoms. The molecule has 6 aromatic rings. The number of benzene rings is 3. The summed E-state index contributed by atoms with van der Waals surface area (Å²) < 4.78 is 7.22. The first-order valence-electron chi connectivity index (χ1n) is 10.5. The molecule has 0 atom stereocenters. The number of hydrogen-bond acceptors (Lipinski definition) is 1. The molecule has 31 heavy (non-hydrogen) atoms. The zero-order valence-corrected chi connectivity index (χ0v) is 16.8. The number of rotatable bonds is 2. The first kappa shape index (κ1) is 16.6. The smallest absolute Gasteiger partial charge is 0.273 e. The van der Waals surface area contributed by atoms with E-state index in [1.807, 2.05) is 12.3 Å². The number of para-hydroxylation sites is 3. The molecule has 3 aromatic heterocycles. The largest absolute Gasteiger partial charge is 0.298 e. The minimum absolute atomic E-state index is 0.782. The van der Waals surface area contributed by atoms with E-state index in [1.165, 1.54) is 33.5 Å². The predicted octanol–water partition coefficient (Wildman–Crippen LogP) is 5.29. The molecule has 0 unspecified atom stereocenters. The van der Waals surface area contributed by atoms with Gasteiger partial charge in [-0.25, -0.2) is 4.57 Å². The van der Waals surface area contributed by atoms with Gasteiger partial charge in [-0.1, -0.05) is 48.5 Å². The summed E-state index contributed by atoms with van der Waals surface area (Å²) in [6.07, 6.45) is 1.89. The minimum Gasteiger partial charge on any atom is -0.273 e. The van der Waals surface area contributed by atoms with Crippen LogP contribution in [-0.2, 0) is 6.54 Å². The van der Waals surface area contributed by atoms with E-state index in [1.54, 1.807) is 0 Å². The molecule has 0 spiro atoms. The summed E-state index contributed by atoms with van der Waals surface area (Å²) in [5, 5.41) is 1.25. The number of aromatic nitrogens is 4. The third kappa shape index (κ3) is 2.19. The van der Waals surface area contributed by atoms with Gasteiger partial charge in [-0.15, -0.1) is 0 Å². The van der Waals surface area contributed by atoms with Gasteiger partial charge in [0, 0.05) is 11.9 Å². The van der Waals surface area contributed by atoms with Gasteiger partial charge in [0.2, 0.25) is 5.52 Å². The molecule has 4 nitrogen and oxygen atoms in total. The molecule has 0 saturated carbocycles. The van der Waals surface area contributed by atoms with Crippen molar-refractivity contribution in [1.29, 1.82) is 0 Å². The van der Waals surface area contributed by atoms with E-state index < -0.39 is 0 Å². The van der Waals surface area contributed by atoms with Gasteiger partial charge in [-0.3, -0.25) is 9.55 Å². The Morgan fingerprint density at radius 1 is 0.677 bits per heavy atom. The Morgan fingerprint density at radius 2 is 1.35 bits per heavy atom. The maximum atomic E-state index is 4.69. The summed E-state index contributed by atoms with van der Waals surface area (Å²) in [6.45, 7) is 0.782. The molecule has 7 rings (SSSR count). The topological polar surface area (TPSA) is 26.6 Å². The van der Waals surface area contributed by atoms with Crippen molar-refractivity contribution < 1.29 is 4.57 Å². The molecule has 1 aliphatic rings. The Labute approximate surface area is 179 Å². The number of hydrogen-bond donors (Lipinski definition) is 0. The molecule has 0 radical (unpaired) electrons. The average molecular weight is 399 g/mol. The van der Waals surface area contributed by atoms with Crippen LogP contribution >= 0.6 is 0 Å². The third-order valence-corrected chi connectivity index (χ3v) is 6.24. The SMILES string of the molecule is c1ccc(-n2c3[n+](c4c5ccccc5n(-c5ccccc5)c42)Cc2ncccc2-3)cc1. The molecule has 4 heteroatoms. The van der Waals surface area contributed by atoms with Crippen molar-refractivity contribution in [2.75, 3.05) is 0 Å². The lowest BCUT2D eigenvalue weighted by Crippen LogP contribution is -2.31. The molecule has 0 N–H and O–H groups in total. The van der Waals surface area contributed by atoms with Gasteiger partial charge in [-0.2, -0.15) is 4.57 Å². The second kappa shape index (κ2) is 6.16. The Morgan fingerprint density at radius 3 is 2.13 bits per heavy atom. The number of nitrogens with zero attached hydrogens (tertiary/aromatic N) is 4. The first-order chi connectivity index (χ1) is 15.4. The molecule has 0 aliphatic carbocycles. The maximum Gasteiger partial charge on any atom is 0.298 e. The van der Waals surface area contributed by atoms with E-state index in [-0.39, 0.29) is 0 Å². The normalized spacial score (nSPS) is 12.4. The van der Waals surface area contributed by atoms with E-state index in [2.05, 4.69) is 105 Å². The summed E-state index contributed by atoms with van der Waals surface area (Å²) in [6, 6.07) is 34.2. The van der Waals surface area contributed by atoms with Crippen LogP contribution in [0.1, 0.15) is 5.69 Å². The lowest BCUT2D eigenvalue weighted by atomic mass is 10.2. The number of pyridine rings is 1. The highest BCUT2D eigenvalue weighted by molar-refractivity contribution is 6.05. The fourth-order valence-corrected chi connectivity index (χ4v) is 5.01. The summed E-state index contributed by atoms with van der Waals surface area (Å²) in [5.41, 5.74) is 8.28. The second-order valence-electron chi connectivity index (χ2n) is 7.94. The lowest BCUT2D eigenvalue weighted by Gasteiger charge is -2.08. The van der Waals surface area contributed by atoms with Gasteiger partial charge in [0.1, 0.15) is 12.2 Å². The minimum atomic E-state index is 0.782. The van der Waals surface area contributed by atoms with Crippen molar-refractivity contribution in [3.63, 3.8) is 0 Å². The van der Waals surface area contributed by atoms with Crippen LogP contribution in [0.3, 0.4) is 0 Å². The molecule has 0 saturated heterocycles. The average Bonchev–Trinajstić information content (AvgIpc) is 3.46. The number of fused-ring (bicyclic) bond motifs is 7. The zero-order valence-electron chi connectivity index (χ0n) is 16.8. The van der Waals surface area contributed by atoms with Crippen LogP contribution in [0, 0.1) is 0 Å². The Balaban J connectivity index is 1.74. The first-order valence-corrected chi connectivity index (χ1v) is 10.5. The van der Waals surface area contributed by atoms with E-state index in [4.69, 9.17) is 4.98 Å². The van der Waals surface area contributed by atoms with Crippen LogP contribution in [0.4, 0.5) is 0 Å². The van der Waals surface area contributed by atoms with Gasteiger partial charge < -0.3 is 0 Å². The standard InChI is InChI=1S/C27H19N4/c1-3-10-19(11-4-1)30-24-16-8-7-14-22(24)25-27(30)31(20-12-5-2-6-13-20)26-21-15-9-17-28-23(21)18-29(25)26/h1-17H,18H2/q+1. The van der Waals surface area contributed by atoms with E-state index in [9.17, 15) is 0 Å². The fourth-order valence-electron chi connectivity index (χ4n) is 5.01. The highest BCUT2D eigenvalue weighted by Gasteiger charge is 2.39. The molecule has 0 amide bonds. The van der Waals surface area contributed by atoms with Crippen molar-refractivity contribution in [3.05, 3.63) is 109 Å². The van der Waals surface area contributed by atoms with Gasteiger partial charge in [-0.05, 0) is 48.5 Å². The van der Waals surface area contributed by atoms with Crippen LogP contribution in [0.2, 0.25) is 0 Å². The van der Waals surface area contributed by atoms with E-state index >= 15 is 0 Å². The van der Waals surface area contributed by atoms with Gasteiger partial charge >= 0.3 is 0 Å². The highest BCUT2D eigenvalue weighted by atomic mass is 15.3. The lowest BCUT2D eigenvalue weighted by molar-refractivity contribution is -0.645. The summed E-state index contributed by atoms with van der Waals surface area (Å²) in [4.78, 5) is 4.69. The monoisotopic (exact) mass is 399 g/mol. The maximum absolute atomic E-state index is 4.69. The van der Waals surface area contributed by atoms with E-state index in [0.29, 0.717) is 0 Å². The summed E-state index contributed by atoms with van der Waals surface area (Å²) >= 11 is 0. The molecule has 1 aliphatic heterocycles. The summed E-state index contributed by atoms with van der Waals surface area (Å²) in [7, 11) is 0. The molecular formula is C27H19N4+. The quantitative estimate of drug-likeness (QED) is 0.363. The Hall–Kier alpha value is -4.18. The number of imidazole rings is 1. The third-order valence-electron chi connectivity index (χ3n) is 6.24. The molecular weight excluding hydrogens is 380 g/mol. The van der Waals surface area contributed by atoms with Crippen molar-refractivity contribution in [2.45, 2.75) is 6.54 Å². The van der Waals surface area contributed by atoms with Crippen LogP contribution in [0.15, 0.2) is 103 Å². The van der Waals surface area contributed by atoms with Gasteiger partial charge in [0.05, 0.1) is 22.2 Å². The Kier molecular flexibility index (Phi) is 3.30. The van der Waals surface area contributed by atoms with Crippen LogP contribution < -0.4 is 4.57 Å². The van der Waals surface area contributed by atoms with Gasteiger partial charge in [0.15, 0.2) is 0 Å². The van der Waals surface area contributed by atoms with Crippen molar-refractivity contribution >= 4 is 22.1 Å². The van der Waals surface area contributed by atoms with Gasteiger partial charge in [0.25, 0.3) is 11.5 Å². The zero-order chi connectivity index (χ0) is 20.4. The van der Waals surface area contributed by atoms with Crippen molar-refractivity contribution in [1.82, 2.24) is 14.1 Å². The predicted molar refractivity (Wildman–Crippen MR) is 123 cm³/mol. The molecule has 146 valence electrons. The Bertz CT molecular complexity index is 1590. The molecule has 3 aromatic carbocycles.